The van der Waals surface area contributed by atoms with Crippen LogP contribution in [-0.2, 0) is 11.0 Å². The molecular formula is C14H17F3N2O. The van der Waals surface area contributed by atoms with Crippen molar-refractivity contribution in [2.24, 2.45) is 5.92 Å². The first kappa shape index (κ1) is 14.8. The number of alkyl halides is 3. The first-order valence-electron chi connectivity index (χ1n) is 6.57. The lowest BCUT2D eigenvalue weighted by atomic mass is 9.98. The number of hydrogen-bond donors (Lipinski definition) is 2. The summed E-state index contributed by atoms with van der Waals surface area (Å²) < 4.78 is 38.0. The number of piperidine rings is 1. The molecule has 0 bridgehead atoms. The van der Waals surface area contributed by atoms with E-state index in [1.807, 2.05) is 0 Å². The van der Waals surface area contributed by atoms with E-state index in [1.165, 1.54) is 6.07 Å². The molecule has 6 heteroatoms. The maximum Gasteiger partial charge on any atom is 0.416 e. The third kappa shape index (κ3) is 3.50. The zero-order valence-corrected chi connectivity index (χ0v) is 11.2. The summed E-state index contributed by atoms with van der Waals surface area (Å²) in [6.45, 7) is 3.13. The van der Waals surface area contributed by atoms with Gasteiger partial charge in [-0.25, -0.2) is 0 Å². The highest BCUT2D eigenvalue weighted by molar-refractivity contribution is 5.93. The van der Waals surface area contributed by atoms with Crippen LogP contribution in [0.2, 0.25) is 0 Å². The summed E-state index contributed by atoms with van der Waals surface area (Å²) in [7, 11) is 0. The Morgan fingerprint density at radius 3 is 2.75 bits per heavy atom. The molecular weight excluding hydrogens is 269 g/mol. The second kappa shape index (κ2) is 5.83. The highest BCUT2D eigenvalue weighted by atomic mass is 19.4. The van der Waals surface area contributed by atoms with Gasteiger partial charge in [-0.15, -0.1) is 0 Å². The molecule has 2 rings (SSSR count). The molecule has 1 heterocycles. The average Bonchev–Trinajstić information content (AvgIpc) is 2.41. The fourth-order valence-electron chi connectivity index (χ4n) is 2.24. The Balaban J connectivity index is 2.13. The molecule has 1 aromatic rings. The molecule has 2 N–H and O–H groups in total. The Kier molecular flexibility index (Phi) is 4.32. The van der Waals surface area contributed by atoms with Crippen LogP contribution in [0.4, 0.5) is 18.9 Å². The van der Waals surface area contributed by atoms with E-state index in [-0.39, 0.29) is 17.5 Å². The number of amides is 1. The van der Waals surface area contributed by atoms with Gasteiger partial charge in [-0.05, 0) is 44.0 Å². The quantitative estimate of drug-likeness (QED) is 0.877. The standard InChI is InChI=1S/C14H17F3N2O/c1-9-4-5-11(14(15,16)17)7-12(9)19-13(20)10-3-2-6-18-8-10/h4-5,7,10,18H,2-3,6,8H2,1H3,(H,19,20). The zero-order valence-electron chi connectivity index (χ0n) is 11.2. The number of hydrogen-bond acceptors (Lipinski definition) is 2. The average molecular weight is 286 g/mol. The summed E-state index contributed by atoms with van der Waals surface area (Å²) in [5, 5.41) is 5.72. The number of benzene rings is 1. The molecule has 1 unspecified atom stereocenters. The lowest BCUT2D eigenvalue weighted by Gasteiger charge is -2.22. The summed E-state index contributed by atoms with van der Waals surface area (Å²) >= 11 is 0. The van der Waals surface area contributed by atoms with Crippen LogP contribution in [0.25, 0.3) is 0 Å². The Morgan fingerprint density at radius 2 is 2.15 bits per heavy atom. The molecule has 1 aromatic carbocycles. The molecule has 1 aliphatic rings. The monoisotopic (exact) mass is 286 g/mol. The highest BCUT2D eigenvalue weighted by Gasteiger charge is 2.31. The normalized spacial score (nSPS) is 19.7. The minimum Gasteiger partial charge on any atom is -0.326 e. The number of halogens is 3. The van der Waals surface area contributed by atoms with E-state index in [2.05, 4.69) is 10.6 Å². The summed E-state index contributed by atoms with van der Waals surface area (Å²) in [4.78, 5) is 12.0. The molecule has 1 aliphatic heterocycles. The SMILES string of the molecule is Cc1ccc(C(F)(F)F)cc1NC(=O)C1CCCNC1. The van der Waals surface area contributed by atoms with Gasteiger partial charge in [0.2, 0.25) is 5.91 Å². The van der Waals surface area contributed by atoms with Crippen LogP contribution >= 0.6 is 0 Å². The molecule has 0 aromatic heterocycles. The molecule has 3 nitrogen and oxygen atoms in total. The van der Waals surface area contributed by atoms with Crippen LogP contribution in [-0.4, -0.2) is 19.0 Å². The van der Waals surface area contributed by atoms with Crippen LogP contribution in [0, 0.1) is 12.8 Å². The van der Waals surface area contributed by atoms with Gasteiger partial charge < -0.3 is 10.6 Å². The van der Waals surface area contributed by atoms with E-state index in [9.17, 15) is 18.0 Å². The first-order chi connectivity index (χ1) is 9.38. The number of nitrogens with one attached hydrogen (secondary N) is 2. The van der Waals surface area contributed by atoms with Gasteiger partial charge in [-0.2, -0.15) is 13.2 Å². The van der Waals surface area contributed by atoms with Crippen molar-refractivity contribution < 1.29 is 18.0 Å². The topological polar surface area (TPSA) is 41.1 Å². The lowest BCUT2D eigenvalue weighted by Crippen LogP contribution is -2.37. The summed E-state index contributed by atoms with van der Waals surface area (Å²) in [5.74, 6) is -0.405. The van der Waals surface area contributed by atoms with Gasteiger partial charge in [0.15, 0.2) is 0 Å². The van der Waals surface area contributed by atoms with E-state index in [0.29, 0.717) is 12.1 Å². The molecule has 0 aliphatic carbocycles. The van der Waals surface area contributed by atoms with Gasteiger partial charge in [0.1, 0.15) is 0 Å². The van der Waals surface area contributed by atoms with Crippen molar-refractivity contribution in [1.29, 1.82) is 0 Å². The van der Waals surface area contributed by atoms with E-state index < -0.39 is 11.7 Å². The van der Waals surface area contributed by atoms with Crippen molar-refractivity contribution in [1.82, 2.24) is 5.32 Å². The van der Waals surface area contributed by atoms with Crippen molar-refractivity contribution in [2.75, 3.05) is 18.4 Å². The largest absolute Gasteiger partial charge is 0.416 e. The molecule has 1 atom stereocenters. The van der Waals surface area contributed by atoms with Crippen molar-refractivity contribution in [3.8, 4) is 0 Å². The molecule has 0 spiro atoms. The Bertz CT molecular complexity index is 494. The van der Waals surface area contributed by atoms with Gasteiger partial charge in [0, 0.05) is 12.2 Å². The fraction of sp³-hybridized carbons (Fsp3) is 0.500. The number of rotatable bonds is 2. The minimum atomic E-state index is -4.40. The molecule has 1 amide bonds. The predicted molar refractivity (Wildman–Crippen MR) is 70.4 cm³/mol. The molecule has 0 saturated carbocycles. The zero-order chi connectivity index (χ0) is 14.8. The third-order valence-electron chi connectivity index (χ3n) is 3.49. The summed E-state index contributed by atoms with van der Waals surface area (Å²) in [5.41, 5.74) is 0.102. The highest BCUT2D eigenvalue weighted by Crippen LogP contribution is 2.32. The first-order valence-corrected chi connectivity index (χ1v) is 6.57. The summed E-state index contributed by atoms with van der Waals surface area (Å²) in [6, 6.07) is 3.38. The maximum absolute atomic E-state index is 12.7. The maximum atomic E-state index is 12.7. The Morgan fingerprint density at radius 1 is 1.40 bits per heavy atom. The van der Waals surface area contributed by atoms with Gasteiger partial charge in [0.05, 0.1) is 11.5 Å². The van der Waals surface area contributed by atoms with E-state index >= 15 is 0 Å². The number of aryl methyl sites for hydroxylation is 1. The van der Waals surface area contributed by atoms with Gasteiger partial charge in [-0.1, -0.05) is 6.07 Å². The van der Waals surface area contributed by atoms with Crippen LogP contribution in [0.15, 0.2) is 18.2 Å². The van der Waals surface area contributed by atoms with Crippen molar-refractivity contribution in [3.05, 3.63) is 29.3 Å². The van der Waals surface area contributed by atoms with Gasteiger partial charge in [0.25, 0.3) is 0 Å². The third-order valence-corrected chi connectivity index (χ3v) is 3.49. The number of carbonyl (C=O) groups excluding carboxylic acids is 1. The molecule has 110 valence electrons. The number of carbonyl (C=O) groups is 1. The van der Waals surface area contributed by atoms with Crippen LogP contribution in [0.5, 0.6) is 0 Å². The molecule has 0 radical (unpaired) electrons. The Labute approximate surface area is 115 Å². The molecule has 1 fully saturated rings. The predicted octanol–water partition coefficient (Wildman–Crippen LogP) is 2.95. The smallest absolute Gasteiger partial charge is 0.326 e. The van der Waals surface area contributed by atoms with Crippen molar-refractivity contribution in [3.63, 3.8) is 0 Å². The fourth-order valence-corrected chi connectivity index (χ4v) is 2.24. The van der Waals surface area contributed by atoms with Crippen LogP contribution < -0.4 is 10.6 Å². The van der Waals surface area contributed by atoms with Gasteiger partial charge >= 0.3 is 6.18 Å². The second-order valence-electron chi connectivity index (χ2n) is 5.06. The lowest BCUT2D eigenvalue weighted by molar-refractivity contribution is -0.137. The van der Waals surface area contributed by atoms with E-state index in [0.717, 1.165) is 31.5 Å². The number of anilines is 1. The van der Waals surface area contributed by atoms with E-state index in [1.54, 1.807) is 6.92 Å². The molecule has 1 saturated heterocycles. The van der Waals surface area contributed by atoms with Crippen molar-refractivity contribution >= 4 is 11.6 Å². The van der Waals surface area contributed by atoms with Gasteiger partial charge in [-0.3, -0.25) is 4.79 Å². The van der Waals surface area contributed by atoms with E-state index in [4.69, 9.17) is 0 Å². The van der Waals surface area contributed by atoms with Crippen LogP contribution in [0.1, 0.15) is 24.0 Å². The Hall–Kier alpha value is -1.56. The molecule has 20 heavy (non-hydrogen) atoms. The second-order valence-corrected chi connectivity index (χ2v) is 5.06. The van der Waals surface area contributed by atoms with Crippen LogP contribution in [0.3, 0.4) is 0 Å². The minimum absolute atomic E-state index is 0.183. The summed E-state index contributed by atoms with van der Waals surface area (Å²) in [6.07, 6.45) is -2.74. The van der Waals surface area contributed by atoms with Crippen molar-refractivity contribution in [2.45, 2.75) is 25.9 Å².